The minimum atomic E-state index is -4.38. The molecule has 0 amide bonds. The molecule has 0 aliphatic rings. The van der Waals surface area contributed by atoms with Crippen LogP contribution in [0.4, 0.5) is 26.3 Å². The van der Waals surface area contributed by atoms with Crippen molar-refractivity contribution >= 4 is 29.6 Å². The molecule has 0 heterocycles. The third kappa shape index (κ3) is 6.10. The second kappa shape index (κ2) is 5.31. The second-order valence-corrected chi connectivity index (χ2v) is 1.80. The van der Waals surface area contributed by atoms with Gasteiger partial charge in [0.2, 0.25) is 0 Å². The molecule has 70 valence electrons. The van der Waals surface area contributed by atoms with Gasteiger partial charge in [0, 0.05) is 0 Å². The van der Waals surface area contributed by atoms with E-state index in [-0.39, 0.29) is 34.9 Å². The van der Waals surface area contributed by atoms with Crippen molar-refractivity contribution in [2.24, 2.45) is 0 Å². The van der Waals surface area contributed by atoms with Gasteiger partial charge in [-0.2, -0.15) is 22.9 Å². The zero-order valence-corrected chi connectivity index (χ0v) is 5.18. The van der Waals surface area contributed by atoms with Gasteiger partial charge in [-0.1, -0.05) is 0 Å². The zero-order chi connectivity index (χ0) is 9.12. The van der Waals surface area contributed by atoms with Crippen molar-refractivity contribution < 1.29 is 26.3 Å². The molecule has 0 saturated carbocycles. The summed E-state index contributed by atoms with van der Waals surface area (Å²) in [5.74, 6) is 0. The maximum absolute atomic E-state index is 11.7. The summed E-state index contributed by atoms with van der Waals surface area (Å²) in [6.45, 7) is -4.61. The van der Waals surface area contributed by atoms with E-state index in [4.69, 9.17) is 0 Å². The average Bonchev–Trinajstić information content (AvgIpc) is 1.86. The Morgan fingerprint density at radius 1 is 0.833 bits per heavy atom. The van der Waals surface area contributed by atoms with Crippen molar-refractivity contribution in [3.05, 3.63) is 0 Å². The van der Waals surface area contributed by atoms with Gasteiger partial charge < -0.3 is 0 Å². The van der Waals surface area contributed by atoms with Gasteiger partial charge in [0.15, 0.2) is 13.3 Å². The SMILES string of the molecule is FCC(F)(F)NC(F)(F)CF.[NaH]. The fourth-order valence-electron chi connectivity index (χ4n) is 0.334. The van der Waals surface area contributed by atoms with E-state index in [0.717, 1.165) is 0 Å². The van der Waals surface area contributed by atoms with Crippen molar-refractivity contribution in [2.75, 3.05) is 13.3 Å². The monoisotopic (exact) mass is 205 g/mol. The maximum atomic E-state index is 11.7. The van der Waals surface area contributed by atoms with Crippen LogP contribution in [0.1, 0.15) is 0 Å². The Bertz CT molecular complexity index is 115. The number of rotatable bonds is 4. The molecule has 1 nitrogen and oxygen atoms in total. The van der Waals surface area contributed by atoms with E-state index in [9.17, 15) is 26.3 Å². The molecule has 0 aromatic heterocycles. The van der Waals surface area contributed by atoms with Crippen LogP contribution in [0.15, 0.2) is 0 Å². The van der Waals surface area contributed by atoms with Crippen LogP contribution < -0.4 is 5.32 Å². The number of hydrogen-bond acceptors (Lipinski definition) is 1. The summed E-state index contributed by atoms with van der Waals surface area (Å²) in [4.78, 5) is 0. The molecule has 0 saturated heterocycles. The standard InChI is InChI=1S/C4H5F6N.Na.H/c5-1-3(7,8)11-4(9,10)2-6;;/h11H,1-2H2;;. The zero-order valence-electron chi connectivity index (χ0n) is 5.18. The fraction of sp³-hybridized carbons (Fsp3) is 1.00. The van der Waals surface area contributed by atoms with Gasteiger partial charge in [-0.25, -0.2) is 8.78 Å². The topological polar surface area (TPSA) is 12.0 Å². The first-order valence-electron chi connectivity index (χ1n) is 2.50. The molecule has 0 atom stereocenters. The molecule has 8 heteroatoms. The molecule has 0 aromatic rings. The van der Waals surface area contributed by atoms with Crippen LogP contribution in [0.5, 0.6) is 0 Å². The molecule has 0 radical (unpaired) electrons. The van der Waals surface area contributed by atoms with Crippen LogP contribution in [0, 0.1) is 0 Å². The molecule has 12 heavy (non-hydrogen) atoms. The molecular weight excluding hydrogens is 199 g/mol. The summed E-state index contributed by atoms with van der Waals surface area (Å²) in [6, 6.07) is -8.76. The molecular formula is C4H6F6NNa. The summed E-state index contributed by atoms with van der Waals surface area (Å²) in [5, 5.41) is 0.215. The van der Waals surface area contributed by atoms with Gasteiger partial charge in [-0.3, -0.25) is 0 Å². The molecule has 0 spiro atoms. The first kappa shape index (κ1) is 15.0. The molecule has 1 N–H and O–H groups in total. The first-order chi connectivity index (χ1) is 4.83. The van der Waals surface area contributed by atoms with Crippen LogP contribution in [0.3, 0.4) is 0 Å². The van der Waals surface area contributed by atoms with E-state index < -0.39 is 25.4 Å². The Labute approximate surface area is 86.8 Å². The molecule has 0 bridgehead atoms. The Kier molecular flexibility index (Phi) is 6.65. The third-order valence-electron chi connectivity index (χ3n) is 0.701. The van der Waals surface area contributed by atoms with Gasteiger partial charge in [-0.15, -0.1) is 0 Å². The van der Waals surface area contributed by atoms with Crippen LogP contribution in [0.2, 0.25) is 0 Å². The predicted octanol–water partition coefficient (Wildman–Crippen LogP) is 1.05. The van der Waals surface area contributed by atoms with Gasteiger partial charge in [-0.05, 0) is 0 Å². The molecule has 0 fully saturated rings. The fourth-order valence-corrected chi connectivity index (χ4v) is 0.334. The second-order valence-electron chi connectivity index (χ2n) is 1.80. The van der Waals surface area contributed by atoms with Gasteiger partial charge in [0.05, 0.1) is 0 Å². The Balaban J connectivity index is 0. The Morgan fingerprint density at radius 3 is 1.25 bits per heavy atom. The van der Waals surface area contributed by atoms with Crippen molar-refractivity contribution in [2.45, 2.75) is 12.1 Å². The van der Waals surface area contributed by atoms with E-state index in [1.165, 1.54) is 0 Å². The Hall–Kier alpha value is 0.540. The van der Waals surface area contributed by atoms with Crippen molar-refractivity contribution in [1.29, 1.82) is 0 Å². The van der Waals surface area contributed by atoms with Crippen LogP contribution >= 0.6 is 0 Å². The van der Waals surface area contributed by atoms with Crippen LogP contribution in [-0.4, -0.2) is 55.0 Å². The summed E-state index contributed by atoms with van der Waals surface area (Å²) >= 11 is 0. The van der Waals surface area contributed by atoms with Crippen molar-refractivity contribution in [1.82, 2.24) is 5.32 Å². The molecule has 0 rings (SSSR count). The van der Waals surface area contributed by atoms with Crippen molar-refractivity contribution in [3.8, 4) is 0 Å². The number of alkyl halides is 6. The number of nitrogens with one attached hydrogen (secondary N) is 1. The molecule has 0 aliphatic carbocycles. The minimum absolute atomic E-state index is 0. The number of halogens is 6. The van der Waals surface area contributed by atoms with E-state index in [0.29, 0.717) is 0 Å². The van der Waals surface area contributed by atoms with Crippen molar-refractivity contribution in [3.63, 3.8) is 0 Å². The van der Waals surface area contributed by atoms with E-state index in [2.05, 4.69) is 0 Å². The van der Waals surface area contributed by atoms with E-state index in [1.807, 2.05) is 0 Å². The van der Waals surface area contributed by atoms with E-state index >= 15 is 0 Å². The average molecular weight is 205 g/mol. The summed E-state index contributed by atoms with van der Waals surface area (Å²) in [7, 11) is 0. The quantitative estimate of drug-likeness (QED) is 0.411. The van der Waals surface area contributed by atoms with Crippen LogP contribution in [-0.2, 0) is 0 Å². The van der Waals surface area contributed by atoms with E-state index in [1.54, 1.807) is 0 Å². The van der Waals surface area contributed by atoms with Gasteiger partial charge >= 0.3 is 41.7 Å². The molecule has 0 aromatic carbocycles. The van der Waals surface area contributed by atoms with Crippen LogP contribution in [0.25, 0.3) is 0 Å². The normalized spacial score (nSPS) is 12.5. The summed E-state index contributed by atoms with van der Waals surface area (Å²) in [6.07, 6.45) is 0. The number of hydrogen-bond donors (Lipinski definition) is 1. The summed E-state index contributed by atoms with van der Waals surface area (Å²) < 4.78 is 69.1. The molecule has 0 unspecified atom stereocenters. The molecule has 0 aliphatic heterocycles. The van der Waals surface area contributed by atoms with Gasteiger partial charge in [0.25, 0.3) is 0 Å². The first-order valence-corrected chi connectivity index (χ1v) is 2.50. The predicted molar refractivity (Wildman–Crippen MR) is 32.1 cm³/mol. The third-order valence-corrected chi connectivity index (χ3v) is 0.701. The Morgan fingerprint density at radius 2 is 1.08 bits per heavy atom. The van der Waals surface area contributed by atoms with Gasteiger partial charge in [0.1, 0.15) is 0 Å². The summed E-state index contributed by atoms with van der Waals surface area (Å²) in [5.41, 5.74) is 0.